The fraction of sp³-hybridized carbons (Fsp3) is 0.400. The highest BCUT2D eigenvalue weighted by Crippen LogP contribution is 2.27. The van der Waals surface area contributed by atoms with Gasteiger partial charge in [0, 0.05) is 6.54 Å². The van der Waals surface area contributed by atoms with Gasteiger partial charge in [-0.3, -0.25) is 0 Å². The lowest BCUT2D eigenvalue weighted by molar-refractivity contribution is 0.235. The molecule has 1 aliphatic heterocycles. The molecule has 0 bridgehead atoms. The Bertz CT molecular complexity index is 343. The van der Waals surface area contributed by atoms with Crippen LogP contribution in [0.5, 0.6) is 5.75 Å². The van der Waals surface area contributed by atoms with Crippen LogP contribution in [0.3, 0.4) is 0 Å². The van der Waals surface area contributed by atoms with E-state index in [2.05, 4.69) is 6.07 Å². The second kappa shape index (κ2) is 3.63. The Labute approximate surface area is 84.3 Å². The lowest BCUT2D eigenvalue weighted by atomic mass is 9.63. The molecule has 1 aromatic rings. The average molecular weight is 191 g/mol. The molecule has 1 heterocycles. The number of hydrogen-bond donors (Lipinski definition) is 1. The Morgan fingerprint density at radius 1 is 1.57 bits per heavy atom. The van der Waals surface area contributed by atoms with E-state index in [1.54, 1.807) is 7.11 Å². The minimum Gasteiger partial charge on any atom is -0.497 e. The quantitative estimate of drug-likeness (QED) is 0.694. The fourth-order valence-corrected chi connectivity index (χ4v) is 2.03. The van der Waals surface area contributed by atoms with E-state index in [1.165, 1.54) is 5.56 Å². The number of fused-ring (bicyclic) bond motifs is 1. The Balaban J connectivity index is 2.49. The summed E-state index contributed by atoms with van der Waals surface area (Å²) in [5.74, 6) is 0.894. The van der Waals surface area contributed by atoms with Crippen molar-refractivity contribution in [1.29, 1.82) is 0 Å². The molecule has 14 heavy (non-hydrogen) atoms. The van der Waals surface area contributed by atoms with Gasteiger partial charge in [-0.25, -0.2) is 0 Å². The van der Waals surface area contributed by atoms with Gasteiger partial charge in [0.05, 0.1) is 13.2 Å². The first-order valence-corrected chi connectivity index (χ1v) is 4.80. The highest BCUT2D eigenvalue weighted by molar-refractivity contribution is 6.68. The highest BCUT2D eigenvalue weighted by atomic mass is 16.5. The molecule has 1 atom stereocenters. The van der Waals surface area contributed by atoms with Crippen molar-refractivity contribution in [1.82, 2.24) is 0 Å². The third-order valence-corrected chi connectivity index (χ3v) is 2.66. The van der Waals surface area contributed by atoms with Crippen molar-refractivity contribution in [3.8, 4) is 5.75 Å². The molecule has 0 amide bonds. The summed E-state index contributed by atoms with van der Waals surface area (Å²) in [6.45, 7) is 2.62. The van der Waals surface area contributed by atoms with Crippen LogP contribution in [-0.2, 0) is 4.65 Å². The first-order valence-electron chi connectivity index (χ1n) is 4.80. The molecular formula is C10H14BNO2. The Kier molecular flexibility index (Phi) is 2.48. The maximum absolute atomic E-state index is 5.72. The summed E-state index contributed by atoms with van der Waals surface area (Å²) in [6, 6.07) is 5.98. The summed E-state index contributed by atoms with van der Waals surface area (Å²) in [5.41, 5.74) is 7.95. The Morgan fingerprint density at radius 3 is 3.00 bits per heavy atom. The predicted octanol–water partition coefficient (Wildman–Crippen LogP) is 0.553. The van der Waals surface area contributed by atoms with Crippen LogP contribution in [0.15, 0.2) is 18.2 Å². The zero-order chi connectivity index (χ0) is 10.1. The molecule has 2 N–H and O–H groups in total. The molecule has 0 aliphatic carbocycles. The second-order valence-electron chi connectivity index (χ2n) is 3.47. The molecule has 0 aromatic heterocycles. The summed E-state index contributed by atoms with van der Waals surface area (Å²) >= 11 is 0. The highest BCUT2D eigenvalue weighted by Gasteiger charge is 2.33. The van der Waals surface area contributed by atoms with E-state index in [4.69, 9.17) is 15.1 Å². The maximum atomic E-state index is 5.72. The van der Waals surface area contributed by atoms with Crippen molar-refractivity contribution in [2.75, 3.05) is 13.7 Å². The van der Waals surface area contributed by atoms with Crippen LogP contribution in [0, 0.1) is 0 Å². The summed E-state index contributed by atoms with van der Waals surface area (Å²) in [6.07, 6.45) is 0.0232. The molecular weight excluding hydrogens is 177 g/mol. The molecule has 0 saturated carbocycles. The Hall–Kier alpha value is -0.995. The third kappa shape index (κ3) is 1.31. The molecule has 0 spiro atoms. The lowest BCUT2D eigenvalue weighted by Gasteiger charge is -2.09. The number of ether oxygens (including phenoxy) is 1. The van der Waals surface area contributed by atoms with Gasteiger partial charge in [0.15, 0.2) is 0 Å². The second-order valence-corrected chi connectivity index (χ2v) is 3.47. The standard InChI is InChI=1S/C10H14BNO2/c1-11-10-7(9(6-12)14-11)4-3-5-8(10)13-2/h3-5,9H,6,12H2,1-2H3. The smallest absolute Gasteiger partial charge is 0.328 e. The van der Waals surface area contributed by atoms with Crippen molar-refractivity contribution in [3.05, 3.63) is 23.8 Å². The zero-order valence-corrected chi connectivity index (χ0v) is 8.49. The minimum absolute atomic E-state index is 0.0232. The summed E-state index contributed by atoms with van der Waals surface area (Å²) in [4.78, 5) is 0. The van der Waals surface area contributed by atoms with E-state index in [0.717, 1.165) is 11.2 Å². The van der Waals surface area contributed by atoms with Gasteiger partial charge in [0.25, 0.3) is 0 Å². The summed E-state index contributed by atoms with van der Waals surface area (Å²) < 4.78 is 11.0. The molecule has 0 saturated heterocycles. The van der Waals surface area contributed by atoms with Crippen molar-refractivity contribution < 1.29 is 9.39 Å². The van der Waals surface area contributed by atoms with Crippen LogP contribution >= 0.6 is 0 Å². The predicted molar refractivity (Wildman–Crippen MR) is 57.1 cm³/mol. The monoisotopic (exact) mass is 191 g/mol. The topological polar surface area (TPSA) is 44.5 Å². The normalized spacial score (nSPS) is 19.6. The Morgan fingerprint density at radius 2 is 2.36 bits per heavy atom. The van der Waals surface area contributed by atoms with Gasteiger partial charge in [0.1, 0.15) is 5.75 Å². The van der Waals surface area contributed by atoms with Gasteiger partial charge in [-0.15, -0.1) is 0 Å². The maximum Gasteiger partial charge on any atom is 0.328 e. The van der Waals surface area contributed by atoms with Crippen LogP contribution in [0.2, 0.25) is 6.82 Å². The summed E-state index contributed by atoms with van der Waals surface area (Å²) in [5, 5.41) is 0. The largest absolute Gasteiger partial charge is 0.497 e. The first kappa shape index (κ1) is 9.56. The van der Waals surface area contributed by atoms with Crippen molar-refractivity contribution in [2.45, 2.75) is 12.9 Å². The van der Waals surface area contributed by atoms with E-state index in [9.17, 15) is 0 Å². The van der Waals surface area contributed by atoms with E-state index in [-0.39, 0.29) is 13.0 Å². The van der Waals surface area contributed by atoms with Crippen molar-refractivity contribution in [3.63, 3.8) is 0 Å². The third-order valence-electron chi connectivity index (χ3n) is 2.66. The molecule has 3 nitrogen and oxygen atoms in total. The molecule has 1 unspecified atom stereocenters. The van der Waals surface area contributed by atoms with Crippen LogP contribution in [0.4, 0.5) is 0 Å². The van der Waals surface area contributed by atoms with Gasteiger partial charge in [-0.05, 0) is 17.1 Å². The van der Waals surface area contributed by atoms with Crippen LogP contribution in [-0.4, -0.2) is 20.6 Å². The van der Waals surface area contributed by atoms with Crippen LogP contribution in [0.1, 0.15) is 11.7 Å². The number of benzene rings is 1. The molecule has 74 valence electrons. The molecule has 0 fully saturated rings. The van der Waals surface area contributed by atoms with Gasteiger partial charge in [0.2, 0.25) is 0 Å². The van der Waals surface area contributed by atoms with Crippen LogP contribution in [0.25, 0.3) is 0 Å². The zero-order valence-electron chi connectivity index (χ0n) is 8.49. The van der Waals surface area contributed by atoms with Gasteiger partial charge < -0.3 is 15.1 Å². The molecule has 1 aliphatic rings. The fourth-order valence-electron chi connectivity index (χ4n) is 2.03. The molecule has 4 heteroatoms. The number of hydrogen-bond acceptors (Lipinski definition) is 3. The first-order chi connectivity index (χ1) is 6.77. The number of rotatable bonds is 2. The van der Waals surface area contributed by atoms with Crippen molar-refractivity contribution >= 4 is 12.4 Å². The minimum atomic E-state index is 0.0232. The average Bonchev–Trinajstić information content (AvgIpc) is 2.55. The molecule has 2 rings (SSSR count). The number of nitrogens with two attached hydrogens (primary N) is 1. The van der Waals surface area contributed by atoms with Gasteiger partial charge >= 0.3 is 6.92 Å². The van der Waals surface area contributed by atoms with E-state index in [0.29, 0.717) is 6.54 Å². The molecule has 0 radical (unpaired) electrons. The van der Waals surface area contributed by atoms with Crippen molar-refractivity contribution in [2.24, 2.45) is 5.73 Å². The number of methoxy groups -OCH3 is 1. The SMILES string of the molecule is COc1cccc2c1B(C)OC2CN. The van der Waals surface area contributed by atoms with E-state index >= 15 is 0 Å². The van der Waals surface area contributed by atoms with Gasteiger partial charge in [-0.2, -0.15) is 0 Å². The molecule has 1 aromatic carbocycles. The lowest BCUT2D eigenvalue weighted by Crippen LogP contribution is -2.25. The van der Waals surface area contributed by atoms with E-state index < -0.39 is 0 Å². The van der Waals surface area contributed by atoms with Crippen LogP contribution < -0.4 is 15.9 Å². The van der Waals surface area contributed by atoms with E-state index in [1.807, 2.05) is 19.0 Å². The summed E-state index contributed by atoms with van der Waals surface area (Å²) in [7, 11) is 1.68. The van der Waals surface area contributed by atoms with Gasteiger partial charge in [-0.1, -0.05) is 19.0 Å².